The highest BCUT2D eigenvalue weighted by Gasteiger charge is 2.32. The molecule has 1 atom stereocenters. The number of hydrogen-bond acceptors (Lipinski definition) is 3. The number of nitrogens with one attached hydrogen (secondary N) is 1. The second kappa shape index (κ2) is 7.65. The van der Waals surface area contributed by atoms with Gasteiger partial charge in [0.1, 0.15) is 0 Å². The van der Waals surface area contributed by atoms with Crippen molar-refractivity contribution in [2.75, 3.05) is 32.7 Å². The van der Waals surface area contributed by atoms with E-state index in [2.05, 4.69) is 17.1 Å². The molecule has 3 fully saturated rings. The minimum absolute atomic E-state index is 0.136. The quantitative estimate of drug-likeness (QED) is 0.859. The second-order valence-corrected chi connectivity index (χ2v) is 7.66. The number of likely N-dealkylation sites (tertiary alicyclic amines) is 2. The van der Waals surface area contributed by atoms with Crippen molar-refractivity contribution in [2.24, 2.45) is 11.8 Å². The molecular weight excluding hydrogens is 290 g/mol. The van der Waals surface area contributed by atoms with Gasteiger partial charge in [0.05, 0.1) is 0 Å². The van der Waals surface area contributed by atoms with E-state index >= 15 is 0 Å². The topological polar surface area (TPSA) is 52.7 Å². The summed E-state index contributed by atoms with van der Waals surface area (Å²) >= 11 is 0. The molecule has 3 aliphatic rings. The average molecular weight is 321 g/mol. The fourth-order valence-electron chi connectivity index (χ4n) is 4.13. The number of carbonyl (C=O) groups is 2. The van der Waals surface area contributed by atoms with Gasteiger partial charge in [0, 0.05) is 44.6 Å². The van der Waals surface area contributed by atoms with E-state index < -0.39 is 0 Å². The zero-order chi connectivity index (χ0) is 16.2. The first-order valence-electron chi connectivity index (χ1n) is 9.43. The highest BCUT2D eigenvalue weighted by Crippen LogP contribution is 2.24. The highest BCUT2D eigenvalue weighted by atomic mass is 16.2. The van der Waals surface area contributed by atoms with Crippen LogP contribution >= 0.6 is 0 Å². The molecule has 23 heavy (non-hydrogen) atoms. The lowest BCUT2D eigenvalue weighted by Crippen LogP contribution is -2.47. The van der Waals surface area contributed by atoms with Gasteiger partial charge in [0.25, 0.3) is 0 Å². The highest BCUT2D eigenvalue weighted by molar-refractivity contribution is 5.80. The maximum absolute atomic E-state index is 12.6. The molecular formula is C18H31N3O2. The zero-order valence-corrected chi connectivity index (χ0v) is 14.4. The van der Waals surface area contributed by atoms with Gasteiger partial charge in [-0.1, -0.05) is 6.92 Å². The molecule has 0 spiro atoms. The molecule has 3 saturated heterocycles. The molecule has 2 amide bonds. The molecule has 3 aliphatic heterocycles. The maximum Gasteiger partial charge on any atom is 0.225 e. The average Bonchev–Trinajstić information content (AvgIpc) is 3.08. The van der Waals surface area contributed by atoms with Crippen molar-refractivity contribution in [3.63, 3.8) is 0 Å². The molecule has 0 aromatic rings. The van der Waals surface area contributed by atoms with Crippen molar-refractivity contribution < 1.29 is 9.59 Å². The number of carbonyl (C=O) groups excluding carboxylic acids is 2. The minimum atomic E-state index is 0.136. The van der Waals surface area contributed by atoms with Crippen LogP contribution in [-0.4, -0.2) is 60.4 Å². The summed E-state index contributed by atoms with van der Waals surface area (Å²) in [4.78, 5) is 29.0. The van der Waals surface area contributed by atoms with Crippen LogP contribution in [-0.2, 0) is 9.59 Å². The molecule has 3 heterocycles. The van der Waals surface area contributed by atoms with Crippen molar-refractivity contribution in [3.05, 3.63) is 0 Å². The Labute approximate surface area is 139 Å². The molecule has 0 aromatic heterocycles. The fourth-order valence-corrected chi connectivity index (χ4v) is 4.13. The monoisotopic (exact) mass is 321 g/mol. The van der Waals surface area contributed by atoms with Gasteiger partial charge in [-0.2, -0.15) is 0 Å². The van der Waals surface area contributed by atoms with Crippen LogP contribution in [0.1, 0.15) is 51.9 Å². The summed E-state index contributed by atoms with van der Waals surface area (Å²) < 4.78 is 0. The van der Waals surface area contributed by atoms with Crippen molar-refractivity contribution in [1.82, 2.24) is 15.1 Å². The van der Waals surface area contributed by atoms with Gasteiger partial charge >= 0.3 is 0 Å². The Kier molecular flexibility index (Phi) is 5.57. The van der Waals surface area contributed by atoms with Crippen molar-refractivity contribution in [2.45, 2.75) is 57.9 Å². The molecule has 130 valence electrons. The maximum atomic E-state index is 12.6. The predicted molar refractivity (Wildman–Crippen MR) is 89.9 cm³/mol. The number of nitrogens with zero attached hydrogens (tertiary/aromatic N) is 2. The summed E-state index contributed by atoms with van der Waals surface area (Å²) in [5.41, 5.74) is 0. The Morgan fingerprint density at radius 2 is 1.61 bits per heavy atom. The van der Waals surface area contributed by atoms with Crippen molar-refractivity contribution in [1.29, 1.82) is 0 Å². The first-order chi connectivity index (χ1) is 11.1. The summed E-state index contributed by atoms with van der Waals surface area (Å²) in [5, 5.41) is 3.39. The van der Waals surface area contributed by atoms with E-state index in [-0.39, 0.29) is 11.8 Å². The van der Waals surface area contributed by atoms with Crippen molar-refractivity contribution >= 4 is 11.8 Å². The van der Waals surface area contributed by atoms with Crippen molar-refractivity contribution in [3.8, 4) is 0 Å². The summed E-state index contributed by atoms with van der Waals surface area (Å²) in [7, 11) is 0. The Balaban J connectivity index is 1.42. The van der Waals surface area contributed by atoms with Gasteiger partial charge in [-0.3, -0.25) is 9.59 Å². The Hall–Kier alpha value is -1.10. The number of amides is 2. The lowest BCUT2D eigenvalue weighted by Gasteiger charge is -2.37. The fraction of sp³-hybridized carbons (Fsp3) is 0.889. The normalized spacial score (nSPS) is 27.4. The van der Waals surface area contributed by atoms with Gasteiger partial charge in [-0.05, 0) is 51.0 Å². The zero-order valence-electron chi connectivity index (χ0n) is 14.4. The molecule has 0 aromatic carbocycles. The molecule has 5 nitrogen and oxygen atoms in total. The molecule has 0 aliphatic carbocycles. The van der Waals surface area contributed by atoms with E-state index in [1.165, 1.54) is 6.42 Å². The lowest BCUT2D eigenvalue weighted by atomic mass is 9.92. The standard InChI is InChI=1S/C18H31N3O2/c1-14-4-9-21(10-5-14)18(23)15-6-11-20(12-7-15)17(22)13-16-3-2-8-19-16/h14-16,19H,2-13H2,1H3. The van der Waals surface area contributed by atoms with E-state index in [9.17, 15) is 9.59 Å². The Morgan fingerprint density at radius 1 is 0.957 bits per heavy atom. The molecule has 0 radical (unpaired) electrons. The molecule has 0 saturated carbocycles. The first-order valence-corrected chi connectivity index (χ1v) is 9.43. The molecule has 5 heteroatoms. The van der Waals surface area contributed by atoms with Crippen LogP contribution < -0.4 is 5.32 Å². The van der Waals surface area contributed by atoms with E-state index in [0.29, 0.717) is 18.4 Å². The largest absolute Gasteiger partial charge is 0.343 e. The number of piperidine rings is 2. The Morgan fingerprint density at radius 3 is 2.22 bits per heavy atom. The van der Waals surface area contributed by atoms with Crippen LogP contribution in [0, 0.1) is 11.8 Å². The third-order valence-corrected chi connectivity index (χ3v) is 5.88. The third kappa shape index (κ3) is 4.25. The van der Waals surface area contributed by atoms with Crippen LogP contribution in [0.3, 0.4) is 0 Å². The first kappa shape index (κ1) is 16.7. The molecule has 1 unspecified atom stereocenters. The van der Waals surface area contributed by atoms with Gasteiger partial charge in [-0.15, -0.1) is 0 Å². The second-order valence-electron chi connectivity index (χ2n) is 7.66. The minimum Gasteiger partial charge on any atom is -0.343 e. The molecule has 0 bridgehead atoms. The van der Waals surface area contributed by atoms with Crippen LogP contribution in [0.4, 0.5) is 0 Å². The number of rotatable bonds is 3. The van der Waals surface area contributed by atoms with Gasteiger partial charge in [0.15, 0.2) is 0 Å². The van der Waals surface area contributed by atoms with Crippen LogP contribution in [0.2, 0.25) is 0 Å². The summed E-state index contributed by atoms with van der Waals surface area (Å²) in [6, 6.07) is 0.372. The summed E-state index contributed by atoms with van der Waals surface area (Å²) in [6.45, 7) is 6.67. The van der Waals surface area contributed by atoms with Gasteiger partial charge in [0.2, 0.25) is 11.8 Å². The van der Waals surface area contributed by atoms with E-state index in [4.69, 9.17) is 0 Å². The Bertz CT molecular complexity index is 418. The van der Waals surface area contributed by atoms with E-state index in [1.807, 2.05) is 4.90 Å². The number of hydrogen-bond donors (Lipinski definition) is 1. The van der Waals surface area contributed by atoms with Crippen LogP contribution in [0.5, 0.6) is 0 Å². The van der Waals surface area contributed by atoms with E-state index in [0.717, 1.165) is 70.7 Å². The predicted octanol–water partition coefficient (Wildman–Crippen LogP) is 1.63. The summed E-state index contributed by atoms with van der Waals surface area (Å²) in [6.07, 6.45) is 6.89. The van der Waals surface area contributed by atoms with Gasteiger partial charge in [-0.25, -0.2) is 0 Å². The van der Waals surface area contributed by atoms with Crippen LogP contribution in [0.15, 0.2) is 0 Å². The van der Waals surface area contributed by atoms with Gasteiger partial charge < -0.3 is 15.1 Å². The molecule has 3 rings (SSSR count). The van der Waals surface area contributed by atoms with Crippen LogP contribution in [0.25, 0.3) is 0 Å². The summed E-state index contributed by atoms with van der Waals surface area (Å²) in [5.74, 6) is 1.49. The lowest BCUT2D eigenvalue weighted by molar-refractivity contribution is -0.141. The third-order valence-electron chi connectivity index (χ3n) is 5.88. The SMILES string of the molecule is CC1CCN(C(=O)C2CCN(C(=O)CC3CCCN3)CC2)CC1. The smallest absolute Gasteiger partial charge is 0.225 e. The molecule has 1 N–H and O–H groups in total. The van der Waals surface area contributed by atoms with E-state index in [1.54, 1.807) is 0 Å².